The summed E-state index contributed by atoms with van der Waals surface area (Å²) in [5.74, 6) is 0.853. The number of hydrogen-bond acceptors (Lipinski definition) is 4. The molecule has 5 heteroatoms. The van der Waals surface area contributed by atoms with Crippen molar-refractivity contribution in [3.8, 4) is 5.75 Å². The lowest BCUT2D eigenvalue weighted by Crippen LogP contribution is -2.25. The Balaban J connectivity index is 1.82. The number of carbonyl (C=O) groups excluding carboxylic acids is 1. The first-order valence-electron chi connectivity index (χ1n) is 7.07. The van der Waals surface area contributed by atoms with Crippen molar-refractivity contribution in [2.45, 2.75) is 33.3 Å². The van der Waals surface area contributed by atoms with Crippen LogP contribution in [-0.4, -0.2) is 17.4 Å². The van der Waals surface area contributed by atoms with Gasteiger partial charge in [-0.05, 0) is 25.5 Å². The number of amides is 1. The van der Waals surface area contributed by atoms with E-state index in [4.69, 9.17) is 4.74 Å². The molecule has 112 valence electrons. The number of hydrogen-bond donors (Lipinski definition) is 1. The molecule has 0 fully saturated rings. The summed E-state index contributed by atoms with van der Waals surface area (Å²) >= 11 is 1.52. The van der Waals surface area contributed by atoms with Gasteiger partial charge in [-0.3, -0.25) is 4.79 Å². The summed E-state index contributed by atoms with van der Waals surface area (Å²) in [6.45, 7) is 5.22. The van der Waals surface area contributed by atoms with E-state index in [0.29, 0.717) is 19.6 Å². The van der Waals surface area contributed by atoms with E-state index in [1.165, 1.54) is 16.9 Å². The highest BCUT2D eigenvalue weighted by atomic mass is 32.1. The van der Waals surface area contributed by atoms with Gasteiger partial charge in [0.1, 0.15) is 17.4 Å². The van der Waals surface area contributed by atoms with Crippen molar-refractivity contribution in [3.63, 3.8) is 0 Å². The number of aryl methyl sites for hydroxylation is 1. The molecule has 1 amide bonds. The lowest BCUT2D eigenvalue weighted by Gasteiger charge is -2.04. The van der Waals surface area contributed by atoms with Gasteiger partial charge in [0, 0.05) is 11.9 Å². The molecule has 2 aromatic rings. The molecule has 0 radical (unpaired) electrons. The minimum absolute atomic E-state index is 0.0214. The highest BCUT2D eigenvalue weighted by molar-refractivity contribution is 7.09. The fourth-order valence-electron chi connectivity index (χ4n) is 1.77. The quantitative estimate of drug-likeness (QED) is 0.855. The number of aromatic nitrogens is 1. The van der Waals surface area contributed by atoms with Crippen LogP contribution in [0, 0.1) is 6.92 Å². The second kappa shape index (κ2) is 7.78. The monoisotopic (exact) mass is 304 g/mol. The Hall–Kier alpha value is -1.88. The highest BCUT2D eigenvalue weighted by Gasteiger charge is 2.07. The summed E-state index contributed by atoms with van der Waals surface area (Å²) in [6.07, 6.45) is 1.28. The molecular formula is C16H20N2O2S. The van der Waals surface area contributed by atoms with Crippen LogP contribution in [0.15, 0.2) is 29.6 Å². The summed E-state index contributed by atoms with van der Waals surface area (Å²) in [5.41, 5.74) is 2.01. The average molecular weight is 304 g/mol. The van der Waals surface area contributed by atoms with Gasteiger partial charge in [0.25, 0.3) is 0 Å². The zero-order valence-corrected chi connectivity index (χ0v) is 13.2. The van der Waals surface area contributed by atoms with E-state index >= 15 is 0 Å². The van der Waals surface area contributed by atoms with Crippen molar-refractivity contribution in [2.75, 3.05) is 6.54 Å². The van der Waals surface area contributed by atoms with E-state index in [1.807, 2.05) is 43.5 Å². The highest BCUT2D eigenvalue weighted by Crippen LogP contribution is 2.16. The van der Waals surface area contributed by atoms with Crippen LogP contribution in [0.5, 0.6) is 5.75 Å². The van der Waals surface area contributed by atoms with Crippen LogP contribution in [0.1, 0.15) is 29.6 Å². The Bertz CT molecular complexity index is 578. The van der Waals surface area contributed by atoms with E-state index in [9.17, 15) is 4.79 Å². The van der Waals surface area contributed by atoms with Crippen LogP contribution >= 0.6 is 11.3 Å². The Morgan fingerprint density at radius 2 is 2.10 bits per heavy atom. The third-order valence-corrected chi connectivity index (χ3v) is 3.77. The maximum absolute atomic E-state index is 11.6. The number of carbonyl (C=O) groups is 1. The van der Waals surface area contributed by atoms with Gasteiger partial charge in [0.05, 0.1) is 12.1 Å². The van der Waals surface area contributed by atoms with Crippen LogP contribution in [-0.2, 0) is 17.8 Å². The number of thiazole rings is 1. The van der Waals surface area contributed by atoms with Crippen LogP contribution < -0.4 is 10.1 Å². The summed E-state index contributed by atoms with van der Waals surface area (Å²) in [5, 5.41) is 5.65. The fourth-order valence-corrected chi connectivity index (χ4v) is 2.47. The maximum Gasteiger partial charge on any atom is 0.226 e. The van der Waals surface area contributed by atoms with Crippen LogP contribution in [0.4, 0.5) is 0 Å². The Labute approximate surface area is 129 Å². The van der Waals surface area contributed by atoms with Crippen molar-refractivity contribution in [1.29, 1.82) is 0 Å². The molecule has 0 saturated heterocycles. The molecular weight excluding hydrogens is 284 g/mol. The lowest BCUT2D eigenvalue weighted by atomic mass is 10.2. The number of nitrogens with one attached hydrogen (secondary N) is 1. The third-order valence-electron chi connectivity index (χ3n) is 2.90. The average Bonchev–Trinajstić information content (AvgIpc) is 2.92. The Morgan fingerprint density at radius 1 is 1.33 bits per heavy atom. The summed E-state index contributed by atoms with van der Waals surface area (Å²) < 4.78 is 5.68. The van der Waals surface area contributed by atoms with Gasteiger partial charge in [-0.1, -0.05) is 24.6 Å². The van der Waals surface area contributed by atoms with Crippen molar-refractivity contribution < 1.29 is 9.53 Å². The summed E-state index contributed by atoms with van der Waals surface area (Å²) in [6, 6.07) is 7.92. The standard InChI is InChI=1S/C16H20N2O2S/c1-3-8-17-15(19)9-13-11-21-16(18-13)10-20-14-6-4-12(2)5-7-14/h4-7,11H,3,8-10H2,1-2H3,(H,17,19). The molecule has 4 nitrogen and oxygen atoms in total. The topological polar surface area (TPSA) is 51.2 Å². The van der Waals surface area contributed by atoms with E-state index < -0.39 is 0 Å². The molecule has 0 unspecified atom stereocenters. The zero-order chi connectivity index (χ0) is 15.1. The van der Waals surface area contributed by atoms with Gasteiger partial charge in [0.2, 0.25) is 5.91 Å². The van der Waals surface area contributed by atoms with Crippen molar-refractivity contribution in [1.82, 2.24) is 10.3 Å². The molecule has 2 rings (SSSR count). The first-order valence-corrected chi connectivity index (χ1v) is 7.94. The second-order valence-electron chi connectivity index (χ2n) is 4.86. The van der Waals surface area contributed by atoms with Gasteiger partial charge >= 0.3 is 0 Å². The Morgan fingerprint density at radius 3 is 2.81 bits per heavy atom. The maximum atomic E-state index is 11.6. The van der Waals surface area contributed by atoms with Crippen molar-refractivity contribution in [2.24, 2.45) is 0 Å². The second-order valence-corrected chi connectivity index (χ2v) is 5.80. The fraction of sp³-hybridized carbons (Fsp3) is 0.375. The molecule has 1 heterocycles. The molecule has 0 aliphatic heterocycles. The van der Waals surface area contributed by atoms with Gasteiger partial charge in [0.15, 0.2) is 0 Å². The minimum Gasteiger partial charge on any atom is -0.486 e. The van der Waals surface area contributed by atoms with E-state index in [1.54, 1.807) is 0 Å². The molecule has 21 heavy (non-hydrogen) atoms. The molecule has 1 aromatic heterocycles. The van der Waals surface area contributed by atoms with E-state index in [-0.39, 0.29) is 5.91 Å². The number of ether oxygens (including phenoxy) is 1. The molecule has 0 atom stereocenters. The Kier molecular flexibility index (Phi) is 5.75. The third kappa shape index (κ3) is 5.19. The smallest absolute Gasteiger partial charge is 0.226 e. The molecule has 0 spiro atoms. The molecule has 1 N–H and O–H groups in total. The first kappa shape index (κ1) is 15.5. The van der Waals surface area contributed by atoms with E-state index in [2.05, 4.69) is 10.3 Å². The molecule has 1 aromatic carbocycles. The zero-order valence-electron chi connectivity index (χ0n) is 12.4. The van der Waals surface area contributed by atoms with Crippen LogP contribution in [0.25, 0.3) is 0 Å². The molecule has 0 aliphatic rings. The number of nitrogens with zero attached hydrogens (tertiary/aromatic N) is 1. The van der Waals surface area contributed by atoms with Crippen molar-refractivity contribution >= 4 is 17.2 Å². The number of rotatable bonds is 7. The van der Waals surface area contributed by atoms with Gasteiger partial charge in [-0.15, -0.1) is 11.3 Å². The summed E-state index contributed by atoms with van der Waals surface area (Å²) in [7, 11) is 0. The van der Waals surface area contributed by atoms with Crippen LogP contribution in [0.3, 0.4) is 0 Å². The lowest BCUT2D eigenvalue weighted by molar-refractivity contribution is -0.120. The molecule has 0 saturated carbocycles. The van der Waals surface area contributed by atoms with Gasteiger partial charge in [-0.2, -0.15) is 0 Å². The van der Waals surface area contributed by atoms with Crippen molar-refractivity contribution in [3.05, 3.63) is 45.9 Å². The predicted octanol–water partition coefficient (Wildman–Crippen LogP) is 3.10. The van der Waals surface area contributed by atoms with Gasteiger partial charge in [-0.25, -0.2) is 4.98 Å². The van der Waals surface area contributed by atoms with Crippen LogP contribution in [0.2, 0.25) is 0 Å². The SMILES string of the molecule is CCCNC(=O)Cc1csc(COc2ccc(C)cc2)n1. The minimum atomic E-state index is 0.0214. The largest absolute Gasteiger partial charge is 0.486 e. The predicted molar refractivity (Wildman–Crippen MR) is 84.6 cm³/mol. The van der Waals surface area contributed by atoms with E-state index in [0.717, 1.165) is 22.9 Å². The molecule has 0 bridgehead atoms. The first-order chi connectivity index (χ1) is 10.2. The number of benzene rings is 1. The van der Waals surface area contributed by atoms with Gasteiger partial charge < -0.3 is 10.1 Å². The molecule has 0 aliphatic carbocycles. The summed E-state index contributed by atoms with van der Waals surface area (Å²) in [4.78, 5) is 16.0. The normalized spacial score (nSPS) is 10.4.